The van der Waals surface area contributed by atoms with E-state index >= 15 is 0 Å². The number of carbonyl (C=O) groups excluding carboxylic acids is 1. The molecule has 0 aliphatic heterocycles. The quantitative estimate of drug-likeness (QED) is 0.749. The number of hydrogen-bond acceptors (Lipinski definition) is 6. The number of aromatic nitrogens is 2. The van der Waals surface area contributed by atoms with E-state index in [0.717, 1.165) is 18.2 Å². The molecule has 0 aliphatic rings. The van der Waals surface area contributed by atoms with Gasteiger partial charge in [0.1, 0.15) is 0 Å². The number of amides is 1. The van der Waals surface area contributed by atoms with Crippen molar-refractivity contribution in [2.24, 2.45) is 0 Å². The molecule has 140 valence electrons. The molecule has 26 heavy (non-hydrogen) atoms. The van der Waals surface area contributed by atoms with Gasteiger partial charge in [0.05, 0.1) is 15.6 Å². The molecule has 2 rings (SSSR count). The molecule has 0 aliphatic carbocycles. The molecule has 1 aromatic heterocycles. The van der Waals surface area contributed by atoms with Gasteiger partial charge in [-0.3, -0.25) is 4.79 Å². The first-order valence-corrected chi connectivity index (χ1v) is 8.65. The van der Waals surface area contributed by atoms with Crippen molar-refractivity contribution in [3.8, 4) is 0 Å². The molecule has 1 atom stereocenters. The first-order valence-electron chi connectivity index (χ1n) is 6.79. The SMILES string of the molecule is C[C@@](O)(C(=O)Nc1ccc(S(=O)(=O)c2ncccn2)cc1Cl)C(F)(F)F. The van der Waals surface area contributed by atoms with Gasteiger partial charge in [-0.15, -0.1) is 0 Å². The summed E-state index contributed by atoms with van der Waals surface area (Å²) in [5, 5.41) is 10.3. The lowest BCUT2D eigenvalue weighted by Crippen LogP contribution is -2.52. The maximum absolute atomic E-state index is 12.7. The minimum absolute atomic E-state index is 0.280. The molecule has 0 saturated carbocycles. The predicted molar refractivity (Wildman–Crippen MR) is 84.2 cm³/mol. The van der Waals surface area contributed by atoms with Crippen LogP contribution in [0.1, 0.15) is 6.92 Å². The van der Waals surface area contributed by atoms with Crippen LogP contribution in [0.15, 0.2) is 46.7 Å². The molecule has 0 fully saturated rings. The van der Waals surface area contributed by atoms with Gasteiger partial charge in [0.15, 0.2) is 0 Å². The van der Waals surface area contributed by atoms with Gasteiger partial charge < -0.3 is 10.4 Å². The zero-order valence-electron chi connectivity index (χ0n) is 13.0. The minimum atomic E-state index is -5.21. The number of benzene rings is 1. The molecule has 0 unspecified atom stereocenters. The first-order chi connectivity index (χ1) is 11.9. The van der Waals surface area contributed by atoms with Gasteiger partial charge in [-0.25, -0.2) is 18.4 Å². The van der Waals surface area contributed by atoms with E-state index in [4.69, 9.17) is 11.6 Å². The number of hydrogen-bond donors (Lipinski definition) is 2. The molecule has 1 aromatic carbocycles. The lowest BCUT2D eigenvalue weighted by molar-refractivity contribution is -0.242. The molecule has 12 heteroatoms. The zero-order valence-corrected chi connectivity index (χ0v) is 14.5. The topological polar surface area (TPSA) is 109 Å². The Balaban J connectivity index is 2.33. The van der Waals surface area contributed by atoms with E-state index in [1.54, 1.807) is 0 Å². The van der Waals surface area contributed by atoms with Crippen molar-refractivity contribution in [1.82, 2.24) is 9.97 Å². The number of sulfone groups is 1. The highest BCUT2D eigenvalue weighted by Gasteiger charge is 2.55. The van der Waals surface area contributed by atoms with Crippen molar-refractivity contribution in [3.05, 3.63) is 41.7 Å². The van der Waals surface area contributed by atoms with Crippen LogP contribution in [0, 0.1) is 0 Å². The zero-order chi connectivity index (χ0) is 19.8. The summed E-state index contributed by atoms with van der Waals surface area (Å²) < 4.78 is 62.7. The summed E-state index contributed by atoms with van der Waals surface area (Å²) in [5.41, 5.74) is -3.96. The smallest absolute Gasteiger partial charge is 0.373 e. The fraction of sp³-hybridized carbons (Fsp3) is 0.214. The Kier molecular flexibility index (Phi) is 5.26. The minimum Gasteiger partial charge on any atom is -0.373 e. The second kappa shape index (κ2) is 6.82. The van der Waals surface area contributed by atoms with Crippen LogP contribution in [-0.2, 0) is 14.6 Å². The number of nitrogens with one attached hydrogen (secondary N) is 1. The van der Waals surface area contributed by atoms with Crippen molar-refractivity contribution in [1.29, 1.82) is 0 Å². The molecular formula is C14H11ClF3N3O4S. The van der Waals surface area contributed by atoms with E-state index in [1.807, 2.05) is 5.32 Å². The standard InChI is InChI=1S/C14H11ClF3N3O4S/c1-13(23,14(16,17)18)11(22)21-10-4-3-8(7-9(10)15)26(24,25)12-19-5-2-6-20-12/h2-7,23H,1H3,(H,21,22)/t13-/m1/s1. The van der Waals surface area contributed by atoms with Crippen LogP contribution in [0.2, 0.25) is 5.02 Å². The fourth-order valence-electron chi connectivity index (χ4n) is 1.67. The van der Waals surface area contributed by atoms with E-state index in [2.05, 4.69) is 9.97 Å². The Morgan fingerprint density at radius 3 is 2.31 bits per heavy atom. The Morgan fingerprint density at radius 2 is 1.81 bits per heavy atom. The molecule has 0 bridgehead atoms. The third kappa shape index (κ3) is 3.79. The van der Waals surface area contributed by atoms with Crippen molar-refractivity contribution < 1.29 is 31.5 Å². The number of halogens is 4. The second-order valence-electron chi connectivity index (χ2n) is 5.20. The number of alkyl halides is 3. The molecule has 1 amide bonds. The van der Waals surface area contributed by atoms with E-state index in [9.17, 15) is 31.5 Å². The normalized spacial score (nSPS) is 14.5. The highest BCUT2D eigenvalue weighted by molar-refractivity contribution is 7.91. The van der Waals surface area contributed by atoms with Gasteiger partial charge >= 0.3 is 6.18 Å². The van der Waals surface area contributed by atoms with Gasteiger partial charge in [0.25, 0.3) is 11.1 Å². The molecule has 1 heterocycles. The molecule has 0 radical (unpaired) electrons. The lowest BCUT2D eigenvalue weighted by atomic mass is 10.1. The third-order valence-electron chi connectivity index (χ3n) is 3.28. The molecule has 0 saturated heterocycles. The number of nitrogens with zero attached hydrogens (tertiary/aromatic N) is 2. The van der Waals surface area contributed by atoms with Crippen LogP contribution in [0.5, 0.6) is 0 Å². The van der Waals surface area contributed by atoms with Crippen molar-refractivity contribution in [2.45, 2.75) is 28.8 Å². The summed E-state index contributed by atoms with van der Waals surface area (Å²) >= 11 is 5.85. The van der Waals surface area contributed by atoms with Gasteiger partial charge in [-0.05, 0) is 31.2 Å². The summed E-state index contributed by atoms with van der Waals surface area (Å²) in [6, 6.07) is 4.33. The Hall–Kier alpha value is -2.24. The fourth-order valence-corrected chi connectivity index (χ4v) is 3.09. The number of rotatable bonds is 4. The van der Waals surface area contributed by atoms with Crippen LogP contribution in [0.25, 0.3) is 0 Å². The van der Waals surface area contributed by atoms with E-state index in [1.165, 1.54) is 18.5 Å². The van der Waals surface area contributed by atoms with Crippen LogP contribution in [-0.4, -0.2) is 41.2 Å². The first kappa shape index (κ1) is 20.1. The van der Waals surface area contributed by atoms with Crippen LogP contribution < -0.4 is 5.32 Å². The number of aliphatic hydroxyl groups is 1. The number of carbonyl (C=O) groups is 1. The van der Waals surface area contributed by atoms with Crippen molar-refractivity contribution >= 4 is 33.0 Å². The van der Waals surface area contributed by atoms with Crippen LogP contribution in [0.3, 0.4) is 0 Å². The van der Waals surface area contributed by atoms with Crippen molar-refractivity contribution in [2.75, 3.05) is 5.32 Å². The maximum Gasteiger partial charge on any atom is 0.426 e. The highest BCUT2D eigenvalue weighted by Crippen LogP contribution is 2.33. The summed E-state index contributed by atoms with van der Waals surface area (Å²) in [6.45, 7) is 0.280. The molecule has 0 spiro atoms. The van der Waals surface area contributed by atoms with E-state index < -0.39 is 32.7 Å². The maximum atomic E-state index is 12.7. The molecule has 2 N–H and O–H groups in total. The Labute approximate surface area is 150 Å². The molecular weight excluding hydrogens is 399 g/mol. The molecule has 2 aromatic rings. The van der Waals surface area contributed by atoms with Gasteiger partial charge in [-0.1, -0.05) is 11.6 Å². The monoisotopic (exact) mass is 409 g/mol. The summed E-state index contributed by atoms with van der Waals surface area (Å²) in [7, 11) is -4.11. The van der Waals surface area contributed by atoms with E-state index in [-0.39, 0.29) is 22.5 Å². The summed E-state index contributed by atoms with van der Waals surface area (Å²) in [4.78, 5) is 18.6. The van der Waals surface area contributed by atoms with Crippen LogP contribution >= 0.6 is 11.6 Å². The van der Waals surface area contributed by atoms with Crippen molar-refractivity contribution in [3.63, 3.8) is 0 Å². The Morgan fingerprint density at radius 1 is 1.23 bits per heavy atom. The number of anilines is 1. The summed E-state index contributed by atoms with van der Waals surface area (Å²) in [5.74, 6) is -1.77. The van der Waals surface area contributed by atoms with Gasteiger partial charge in [-0.2, -0.15) is 13.2 Å². The summed E-state index contributed by atoms with van der Waals surface area (Å²) in [6.07, 6.45) is -2.78. The second-order valence-corrected chi connectivity index (χ2v) is 7.45. The Bertz CT molecular complexity index is 934. The predicted octanol–water partition coefficient (Wildman–Crippen LogP) is 2.21. The average Bonchev–Trinajstić information content (AvgIpc) is 2.56. The third-order valence-corrected chi connectivity index (χ3v) is 5.15. The average molecular weight is 410 g/mol. The highest BCUT2D eigenvalue weighted by atomic mass is 35.5. The van der Waals surface area contributed by atoms with Gasteiger partial charge in [0.2, 0.25) is 15.4 Å². The molecule has 7 nitrogen and oxygen atoms in total. The van der Waals surface area contributed by atoms with Crippen LogP contribution in [0.4, 0.5) is 18.9 Å². The van der Waals surface area contributed by atoms with E-state index in [0.29, 0.717) is 0 Å². The lowest BCUT2D eigenvalue weighted by Gasteiger charge is -2.25. The van der Waals surface area contributed by atoms with Gasteiger partial charge in [0, 0.05) is 12.4 Å². The largest absolute Gasteiger partial charge is 0.426 e.